The number of hydrogen-bond donors (Lipinski definition) is 2. The molecule has 0 saturated carbocycles. The fraction of sp³-hybridized carbons (Fsp3) is 0.647. The fourth-order valence-corrected chi connectivity index (χ4v) is 2.75. The Balaban J connectivity index is 2.18. The molecule has 0 radical (unpaired) electrons. The summed E-state index contributed by atoms with van der Waals surface area (Å²) >= 11 is 3.55. The molecule has 120 valence electrons. The standard InChI is InChI=1S/C17H28BrNO2/c1-13(2)7-6-10-21-12-15(20)11-19-14(3)16-8-4-5-9-17(16)18/h4-5,8-9,13-15,19-20H,6-7,10-12H2,1-3H3/t14-,15?/m1/s1. The molecule has 0 spiro atoms. The molecule has 0 aliphatic rings. The first-order valence-electron chi connectivity index (χ1n) is 7.74. The van der Waals surface area contributed by atoms with Crippen molar-refractivity contribution in [3.05, 3.63) is 34.3 Å². The zero-order chi connectivity index (χ0) is 15.7. The van der Waals surface area contributed by atoms with E-state index >= 15 is 0 Å². The van der Waals surface area contributed by atoms with Crippen molar-refractivity contribution >= 4 is 15.9 Å². The average Bonchev–Trinajstić information content (AvgIpc) is 2.44. The minimum absolute atomic E-state index is 0.191. The van der Waals surface area contributed by atoms with Crippen molar-refractivity contribution in [1.29, 1.82) is 0 Å². The smallest absolute Gasteiger partial charge is 0.0897 e. The Morgan fingerprint density at radius 3 is 2.62 bits per heavy atom. The van der Waals surface area contributed by atoms with Crippen LogP contribution in [-0.2, 0) is 4.74 Å². The molecule has 0 aromatic heterocycles. The Morgan fingerprint density at radius 1 is 1.24 bits per heavy atom. The SMILES string of the molecule is CC(C)CCCOCC(O)CN[C@H](C)c1ccccc1Br. The van der Waals surface area contributed by atoms with Gasteiger partial charge >= 0.3 is 0 Å². The van der Waals surface area contributed by atoms with Gasteiger partial charge in [-0.2, -0.15) is 0 Å². The zero-order valence-electron chi connectivity index (χ0n) is 13.3. The first kappa shape index (κ1) is 18.6. The molecule has 2 atom stereocenters. The van der Waals surface area contributed by atoms with Gasteiger partial charge in [0, 0.05) is 23.7 Å². The second kappa shape index (κ2) is 10.3. The normalized spacial score (nSPS) is 14.4. The van der Waals surface area contributed by atoms with Gasteiger partial charge in [0.2, 0.25) is 0 Å². The summed E-state index contributed by atoms with van der Waals surface area (Å²) in [6.45, 7) is 8.18. The van der Waals surface area contributed by atoms with E-state index in [1.807, 2.05) is 18.2 Å². The Bertz CT molecular complexity index is 398. The number of halogens is 1. The summed E-state index contributed by atoms with van der Waals surface area (Å²) in [5.41, 5.74) is 1.20. The molecule has 1 aromatic carbocycles. The molecular weight excluding hydrogens is 330 g/mol. The molecule has 3 nitrogen and oxygen atoms in total. The topological polar surface area (TPSA) is 41.5 Å². The highest BCUT2D eigenvalue weighted by Gasteiger charge is 2.11. The summed E-state index contributed by atoms with van der Waals surface area (Å²) in [5.74, 6) is 0.713. The third-order valence-electron chi connectivity index (χ3n) is 3.41. The summed E-state index contributed by atoms with van der Waals surface area (Å²) < 4.78 is 6.60. The van der Waals surface area contributed by atoms with Crippen LogP contribution >= 0.6 is 15.9 Å². The molecule has 1 rings (SSSR count). The van der Waals surface area contributed by atoms with E-state index in [0.717, 1.165) is 17.5 Å². The lowest BCUT2D eigenvalue weighted by Crippen LogP contribution is -2.32. The minimum Gasteiger partial charge on any atom is -0.389 e. The number of rotatable bonds is 10. The van der Waals surface area contributed by atoms with Crippen LogP contribution in [-0.4, -0.2) is 31.0 Å². The Labute approximate surface area is 137 Å². The molecule has 0 aliphatic heterocycles. The van der Waals surface area contributed by atoms with E-state index in [2.05, 4.69) is 48.1 Å². The highest BCUT2D eigenvalue weighted by atomic mass is 79.9. The van der Waals surface area contributed by atoms with Crippen LogP contribution in [0.5, 0.6) is 0 Å². The summed E-state index contributed by atoms with van der Waals surface area (Å²) in [6, 6.07) is 8.32. The number of hydrogen-bond acceptors (Lipinski definition) is 3. The van der Waals surface area contributed by atoms with E-state index in [1.54, 1.807) is 0 Å². The highest BCUT2D eigenvalue weighted by Crippen LogP contribution is 2.22. The first-order chi connectivity index (χ1) is 10.0. The second-order valence-corrected chi connectivity index (χ2v) is 6.77. The molecule has 0 saturated heterocycles. The van der Waals surface area contributed by atoms with E-state index < -0.39 is 6.10 Å². The molecule has 0 fully saturated rings. The minimum atomic E-state index is -0.464. The number of nitrogens with one attached hydrogen (secondary N) is 1. The van der Waals surface area contributed by atoms with Gasteiger partial charge in [-0.1, -0.05) is 48.0 Å². The summed E-state index contributed by atoms with van der Waals surface area (Å²) in [7, 11) is 0. The Morgan fingerprint density at radius 2 is 1.95 bits per heavy atom. The lowest BCUT2D eigenvalue weighted by Gasteiger charge is -2.18. The van der Waals surface area contributed by atoms with Gasteiger partial charge in [-0.25, -0.2) is 0 Å². The van der Waals surface area contributed by atoms with Crippen LogP contribution in [0.2, 0.25) is 0 Å². The fourth-order valence-electron chi connectivity index (χ4n) is 2.12. The van der Waals surface area contributed by atoms with Gasteiger partial charge in [0.1, 0.15) is 0 Å². The maximum absolute atomic E-state index is 9.92. The van der Waals surface area contributed by atoms with Crippen molar-refractivity contribution < 1.29 is 9.84 Å². The van der Waals surface area contributed by atoms with E-state index in [1.165, 1.54) is 12.0 Å². The monoisotopic (exact) mass is 357 g/mol. The van der Waals surface area contributed by atoms with Gasteiger partial charge in [-0.3, -0.25) is 0 Å². The lowest BCUT2D eigenvalue weighted by atomic mass is 10.1. The van der Waals surface area contributed by atoms with Crippen molar-refractivity contribution in [2.75, 3.05) is 19.8 Å². The quantitative estimate of drug-likeness (QED) is 0.623. The molecule has 2 N–H and O–H groups in total. The summed E-state index contributed by atoms with van der Waals surface area (Å²) in [5, 5.41) is 13.3. The molecule has 0 bridgehead atoms. The second-order valence-electron chi connectivity index (χ2n) is 5.92. The van der Waals surface area contributed by atoms with Crippen molar-refractivity contribution in [1.82, 2.24) is 5.32 Å². The maximum Gasteiger partial charge on any atom is 0.0897 e. The van der Waals surface area contributed by atoms with Crippen LogP contribution in [0, 0.1) is 5.92 Å². The first-order valence-corrected chi connectivity index (χ1v) is 8.53. The van der Waals surface area contributed by atoms with Crippen molar-refractivity contribution in [2.24, 2.45) is 5.92 Å². The molecule has 1 unspecified atom stereocenters. The van der Waals surface area contributed by atoms with Gasteiger partial charge in [-0.15, -0.1) is 0 Å². The van der Waals surface area contributed by atoms with Gasteiger partial charge in [0.05, 0.1) is 12.7 Å². The molecule has 4 heteroatoms. The molecular formula is C17H28BrNO2. The Hall–Kier alpha value is -0.420. The largest absolute Gasteiger partial charge is 0.389 e. The maximum atomic E-state index is 9.92. The third kappa shape index (κ3) is 7.96. The van der Waals surface area contributed by atoms with Crippen LogP contribution in [0.4, 0.5) is 0 Å². The van der Waals surface area contributed by atoms with Gasteiger partial charge in [0.15, 0.2) is 0 Å². The lowest BCUT2D eigenvalue weighted by molar-refractivity contribution is 0.0337. The van der Waals surface area contributed by atoms with Gasteiger partial charge < -0.3 is 15.2 Å². The van der Waals surface area contributed by atoms with Gasteiger partial charge in [-0.05, 0) is 37.3 Å². The molecule has 0 heterocycles. The molecule has 0 amide bonds. The number of benzene rings is 1. The van der Waals surface area contributed by atoms with Crippen LogP contribution in [0.1, 0.15) is 45.2 Å². The van der Waals surface area contributed by atoms with Crippen LogP contribution in [0.25, 0.3) is 0 Å². The highest BCUT2D eigenvalue weighted by molar-refractivity contribution is 9.10. The predicted molar refractivity (Wildman–Crippen MR) is 91.5 cm³/mol. The third-order valence-corrected chi connectivity index (χ3v) is 4.13. The summed E-state index contributed by atoms with van der Waals surface area (Å²) in [4.78, 5) is 0. The van der Waals surface area contributed by atoms with Crippen LogP contribution in [0.3, 0.4) is 0 Å². The van der Waals surface area contributed by atoms with Crippen molar-refractivity contribution in [3.8, 4) is 0 Å². The zero-order valence-corrected chi connectivity index (χ0v) is 14.9. The Kier molecular flexibility index (Phi) is 9.16. The van der Waals surface area contributed by atoms with E-state index in [-0.39, 0.29) is 6.04 Å². The van der Waals surface area contributed by atoms with E-state index in [0.29, 0.717) is 19.1 Å². The number of aliphatic hydroxyl groups excluding tert-OH is 1. The van der Waals surface area contributed by atoms with E-state index in [9.17, 15) is 5.11 Å². The van der Waals surface area contributed by atoms with Crippen molar-refractivity contribution in [2.45, 2.75) is 45.8 Å². The summed E-state index contributed by atoms with van der Waals surface area (Å²) in [6.07, 6.45) is 1.77. The van der Waals surface area contributed by atoms with E-state index in [4.69, 9.17) is 4.74 Å². The average molecular weight is 358 g/mol. The number of aliphatic hydroxyl groups is 1. The van der Waals surface area contributed by atoms with Crippen molar-refractivity contribution in [3.63, 3.8) is 0 Å². The van der Waals surface area contributed by atoms with Gasteiger partial charge in [0.25, 0.3) is 0 Å². The molecule has 21 heavy (non-hydrogen) atoms. The van der Waals surface area contributed by atoms with Crippen LogP contribution in [0.15, 0.2) is 28.7 Å². The molecule has 0 aliphatic carbocycles. The van der Waals surface area contributed by atoms with Crippen LogP contribution < -0.4 is 5.32 Å². The predicted octanol–water partition coefficient (Wildman–Crippen LogP) is 3.91. The number of ether oxygens (including phenoxy) is 1. The molecule has 1 aromatic rings.